The van der Waals surface area contributed by atoms with E-state index in [-0.39, 0.29) is 5.57 Å². The number of pyridine rings is 1. The Balaban J connectivity index is 2.15. The van der Waals surface area contributed by atoms with Crippen LogP contribution >= 0.6 is 0 Å². The lowest BCUT2D eigenvalue weighted by Gasteiger charge is -2.06. The van der Waals surface area contributed by atoms with Gasteiger partial charge in [0, 0.05) is 17.3 Å². The van der Waals surface area contributed by atoms with E-state index in [0.29, 0.717) is 5.56 Å². The first kappa shape index (κ1) is 18.7. The van der Waals surface area contributed by atoms with Crippen molar-refractivity contribution in [3.63, 3.8) is 0 Å². The number of carboxylic acid groups (broad SMARTS) is 1. The lowest BCUT2D eigenvalue weighted by Crippen LogP contribution is -2.00. The second kappa shape index (κ2) is 9.58. The van der Waals surface area contributed by atoms with Gasteiger partial charge in [-0.3, -0.25) is 4.98 Å². The molecule has 1 N–H and O–H groups in total. The Morgan fingerprint density at radius 2 is 1.88 bits per heavy atom. The van der Waals surface area contributed by atoms with Crippen molar-refractivity contribution in [2.24, 2.45) is 0 Å². The summed E-state index contributed by atoms with van der Waals surface area (Å²) in [6, 6.07) is 12.1. The molecule has 3 nitrogen and oxygen atoms in total. The van der Waals surface area contributed by atoms with Gasteiger partial charge in [-0.1, -0.05) is 62.2 Å². The summed E-state index contributed by atoms with van der Waals surface area (Å²) in [5.74, 6) is -0.955. The van der Waals surface area contributed by atoms with Crippen LogP contribution in [0.1, 0.15) is 44.2 Å². The number of allylic oxidation sites excluding steroid dienone is 3. The van der Waals surface area contributed by atoms with Crippen LogP contribution in [0, 0.1) is 0 Å². The fourth-order valence-electron chi connectivity index (χ4n) is 2.63. The van der Waals surface area contributed by atoms with Gasteiger partial charge in [0.25, 0.3) is 0 Å². The van der Waals surface area contributed by atoms with E-state index in [4.69, 9.17) is 0 Å². The Kier molecular flexibility index (Phi) is 7.15. The molecule has 0 atom stereocenters. The Labute approximate surface area is 149 Å². The van der Waals surface area contributed by atoms with E-state index in [9.17, 15) is 9.90 Å². The molecule has 0 saturated carbocycles. The minimum absolute atomic E-state index is 0.239. The highest BCUT2D eigenvalue weighted by atomic mass is 16.4. The zero-order chi connectivity index (χ0) is 18.1. The molecule has 0 bridgehead atoms. The lowest BCUT2D eigenvalue weighted by molar-refractivity contribution is -0.130. The molecule has 2 aromatic rings. The third-order valence-electron chi connectivity index (χ3n) is 4.08. The molecule has 0 aliphatic rings. The molecule has 0 unspecified atom stereocenters. The first-order valence-corrected chi connectivity index (χ1v) is 8.77. The standard InChI is InChI=1S/C22H25NO2/c1-3-5-7-8-17-10-12-18(13-11-17)21-15-14-19(16-23-21)20(22(24)25)9-6-4-2/h4,6,9-16H,3,5,7-8H2,1-2H3,(H,24,25). The molecular formula is C22H25NO2. The third-order valence-corrected chi connectivity index (χ3v) is 4.08. The molecule has 0 fully saturated rings. The van der Waals surface area contributed by atoms with Crippen molar-refractivity contribution < 1.29 is 9.90 Å². The van der Waals surface area contributed by atoms with Crippen molar-refractivity contribution in [3.8, 4) is 11.3 Å². The second-order valence-corrected chi connectivity index (χ2v) is 6.00. The first-order chi connectivity index (χ1) is 12.2. The Morgan fingerprint density at radius 3 is 2.44 bits per heavy atom. The predicted molar refractivity (Wildman–Crippen MR) is 103 cm³/mol. The van der Waals surface area contributed by atoms with Crippen molar-refractivity contribution in [2.75, 3.05) is 0 Å². The maximum Gasteiger partial charge on any atom is 0.336 e. The quantitative estimate of drug-likeness (QED) is 0.392. The van der Waals surface area contributed by atoms with Crippen molar-refractivity contribution in [1.29, 1.82) is 0 Å². The third kappa shape index (κ3) is 5.42. The molecular weight excluding hydrogens is 310 g/mol. The van der Waals surface area contributed by atoms with Gasteiger partial charge in [-0.15, -0.1) is 0 Å². The highest BCUT2D eigenvalue weighted by Crippen LogP contribution is 2.21. The normalized spacial score (nSPS) is 11.8. The van der Waals surface area contributed by atoms with Gasteiger partial charge in [0.2, 0.25) is 0 Å². The van der Waals surface area contributed by atoms with E-state index >= 15 is 0 Å². The van der Waals surface area contributed by atoms with E-state index < -0.39 is 5.97 Å². The number of carbonyl (C=O) groups is 1. The molecule has 0 aliphatic heterocycles. The van der Waals surface area contributed by atoms with Gasteiger partial charge in [0.15, 0.2) is 0 Å². The Morgan fingerprint density at radius 1 is 1.12 bits per heavy atom. The van der Waals surface area contributed by atoms with Crippen molar-refractivity contribution in [3.05, 3.63) is 72.0 Å². The van der Waals surface area contributed by atoms with Gasteiger partial charge in [-0.05, 0) is 37.5 Å². The summed E-state index contributed by atoms with van der Waals surface area (Å²) in [5, 5.41) is 9.33. The summed E-state index contributed by atoms with van der Waals surface area (Å²) < 4.78 is 0. The zero-order valence-corrected chi connectivity index (χ0v) is 14.9. The summed E-state index contributed by atoms with van der Waals surface area (Å²) in [4.78, 5) is 15.8. The monoisotopic (exact) mass is 335 g/mol. The maximum atomic E-state index is 11.4. The van der Waals surface area contributed by atoms with E-state index in [2.05, 4.69) is 36.2 Å². The van der Waals surface area contributed by atoms with Crippen LogP contribution < -0.4 is 0 Å². The van der Waals surface area contributed by atoms with Crippen LogP contribution in [0.4, 0.5) is 0 Å². The second-order valence-electron chi connectivity index (χ2n) is 6.00. The summed E-state index contributed by atoms with van der Waals surface area (Å²) >= 11 is 0. The fraction of sp³-hybridized carbons (Fsp3) is 0.273. The molecule has 0 spiro atoms. The zero-order valence-electron chi connectivity index (χ0n) is 14.9. The number of hydrogen-bond acceptors (Lipinski definition) is 2. The number of carboxylic acids is 1. The number of rotatable bonds is 8. The summed E-state index contributed by atoms with van der Waals surface area (Å²) in [6.45, 7) is 4.06. The molecule has 0 radical (unpaired) electrons. The molecule has 0 saturated heterocycles. The molecule has 2 rings (SSSR count). The predicted octanol–water partition coefficient (Wildman–Crippen LogP) is 5.53. The van der Waals surface area contributed by atoms with Gasteiger partial charge in [0.1, 0.15) is 0 Å². The Bertz CT molecular complexity index is 741. The number of benzene rings is 1. The first-order valence-electron chi connectivity index (χ1n) is 8.77. The average molecular weight is 335 g/mol. The van der Waals surface area contributed by atoms with Crippen LogP contribution in [-0.4, -0.2) is 16.1 Å². The number of aromatic nitrogens is 1. The molecule has 1 heterocycles. The minimum Gasteiger partial charge on any atom is -0.478 e. The Hall–Kier alpha value is -2.68. The summed E-state index contributed by atoms with van der Waals surface area (Å²) in [5.41, 5.74) is 4.07. The minimum atomic E-state index is -0.955. The van der Waals surface area contributed by atoms with Crippen LogP contribution in [-0.2, 0) is 11.2 Å². The van der Waals surface area contributed by atoms with Gasteiger partial charge < -0.3 is 5.11 Å². The highest BCUT2D eigenvalue weighted by molar-refractivity contribution is 6.15. The number of aryl methyl sites for hydroxylation is 1. The van der Waals surface area contributed by atoms with Gasteiger partial charge in [0.05, 0.1) is 11.3 Å². The molecule has 3 heteroatoms. The summed E-state index contributed by atoms with van der Waals surface area (Å²) in [6.07, 6.45) is 11.5. The number of nitrogens with zero attached hydrogens (tertiary/aromatic N) is 1. The molecule has 0 amide bonds. The topological polar surface area (TPSA) is 50.2 Å². The fourth-order valence-corrected chi connectivity index (χ4v) is 2.63. The largest absolute Gasteiger partial charge is 0.478 e. The number of aliphatic carboxylic acids is 1. The van der Waals surface area contributed by atoms with E-state index in [0.717, 1.165) is 17.7 Å². The molecule has 1 aromatic heterocycles. The van der Waals surface area contributed by atoms with Crippen LogP contribution in [0.3, 0.4) is 0 Å². The summed E-state index contributed by atoms with van der Waals surface area (Å²) in [7, 11) is 0. The van der Waals surface area contributed by atoms with E-state index in [1.54, 1.807) is 30.5 Å². The molecule has 25 heavy (non-hydrogen) atoms. The van der Waals surface area contributed by atoms with Crippen molar-refractivity contribution >= 4 is 11.5 Å². The van der Waals surface area contributed by atoms with E-state index in [1.807, 2.05) is 13.0 Å². The van der Waals surface area contributed by atoms with Gasteiger partial charge >= 0.3 is 5.97 Å². The molecule has 130 valence electrons. The van der Waals surface area contributed by atoms with Crippen molar-refractivity contribution in [2.45, 2.75) is 39.5 Å². The van der Waals surface area contributed by atoms with Crippen LogP contribution in [0.15, 0.2) is 60.8 Å². The van der Waals surface area contributed by atoms with Crippen LogP contribution in [0.25, 0.3) is 16.8 Å². The molecule has 1 aromatic carbocycles. The average Bonchev–Trinajstić information content (AvgIpc) is 2.63. The van der Waals surface area contributed by atoms with Gasteiger partial charge in [-0.25, -0.2) is 4.79 Å². The maximum absolute atomic E-state index is 11.4. The van der Waals surface area contributed by atoms with E-state index in [1.165, 1.54) is 24.8 Å². The van der Waals surface area contributed by atoms with Crippen LogP contribution in [0.2, 0.25) is 0 Å². The van der Waals surface area contributed by atoms with Crippen molar-refractivity contribution in [1.82, 2.24) is 4.98 Å². The van der Waals surface area contributed by atoms with Gasteiger partial charge in [-0.2, -0.15) is 0 Å². The smallest absolute Gasteiger partial charge is 0.336 e. The molecule has 0 aliphatic carbocycles. The highest BCUT2D eigenvalue weighted by Gasteiger charge is 2.10. The number of unbranched alkanes of at least 4 members (excludes halogenated alkanes) is 2. The van der Waals surface area contributed by atoms with Crippen LogP contribution in [0.5, 0.6) is 0 Å². The number of hydrogen-bond donors (Lipinski definition) is 1. The lowest BCUT2D eigenvalue weighted by atomic mass is 10.0. The SMILES string of the molecule is CC=CC=C(C(=O)O)c1ccc(-c2ccc(CCCCC)cc2)nc1.